The van der Waals surface area contributed by atoms with Crippen LogP contribution in [0, 0.1) is 16.5 Å². The molecule has 112 valence electrons. The molecule has 1 saturated heterocycles. The summed E-state index contributed by atoms with van der Waals surface area (Å²) in [7, 11) is 0. The first kappa shape index (κ1) is 14.4. The second kappa shape index (κ2) is 6.48. The van der Waals surface area contributed by atoms with Gasteiger partial charge in [0.05, 0.1) is 11.6 Å². The van der Waals surface area contributed by atoms with Gasteiger partial charge in [0.25, 0.3) is 0 Å². The minimum atomic E-state index is 0.699. The molecule has 0 amide bonds. The Hall–Kier alpha value is -2.55. The van der Waals surface area contributed by atoms with Crippen molar-refractivity contribution in [2.45, 2.75) is 0 Å². The molecule has 2 N–H and O–H groups in total. The molecule has 5 nitrogen and oxygen atoms in total. The van der Waals surface area contributed by atoms with Gasteiger partial charge in [-0.3, -0.25) is 0 Å². The lowest BCUT2D eigenvalue weighted by Gasteiger charge is -2.37. The zero-order valence-electron chi connectivity index (χ0n) is 12.3. The average Bonchev–Trinajstić information content (AvgIpc) is 2.62. The van der Waals surface area contributed by atoms with Crippen LogP contribution in [0.3, 0.4) is 0 Å². The molecule has 0 spiro atoms. The van der Waals surface area contributed by atoms with Crippen LogP contribution in [0.15, 0.2) is 48.5 Å². The summed E-state index contributed by atoms with van der Waals surface area (Å²) >= 11 is 0. The third-order valence-corrected chi connectivity index (χ3v) is 4.01. The minimum absolute atomic E-state index is 0.699. The summed E-state index contributed by atoms with van der Waals surface area (Å²) in [5, 5.41) is 19.7. The van der Waals surface area contributed by atoms with Crippen molar-refractivity contribution in [2.75, 3.05) is 36.0 Å². The van der Waals surface area contributed by atoms with Crippen molar-refractivity contribution in [2.24, 2.45) is 0 Å². The average molecular weight is 294 g/mol. The fourth-order valence-electron chi connectivity index (χ4n) is 2.76. The van der Waals surface area contributed by atoms with Gasteiger partial charge in [0, 0.05) is 49.7 Å². The molecular weight excluding hydrogens is 276 g/mol. The molecular formula is C17H18N4O. The molecule has 5 heteroatoms. The second-order valence-corrected chi connectivity index (χ2v) is 5.35. The van der Waals surface area contributed by atoms with E-state index in [2.05, 4.69) is 21.9 Å². The van der Waals surface area contributed by atoms with Crippen molar-refractivity contribution >= 4 is 17.1 Å². The molecule has 0 saturated carbocycles. The van der Waals surface area contributed by atoms with E-state index in [9.17, 15) is 5.21 Å². The molecule has 1 aliphatic heterocycles. The van der Waals surface area contributed by atoms with Crippen LogP contribution in [0.4, 0.5) is 17.1 Å². The third kappa shape index (κ3) is 3.03. The number of hydrogen-bond acceptors (Lipinski definition) is 4. The first-order valence-corrected chi connectivity index (χ1v) is 7.35. The maximum Gasteiger partial charge on any atom is 0.129 e. The van der Waals surface area contributed by atoms with Crippen LogP contribution < -0.4 is 15.3 Å². The van der Waals surface area contributed by atoms with E-state index in [1.54, 1.807) is 0 Å². The Morgan fingerprint density at radius 3 is 2.14 bits per heavy atom. The van der Waals surface area contributed by atoms with Gasteiger partial charge in [-0.05, 0) is 30.3 Å². The number of nitriles is 1. The van der Waals surface area contributed by atoms with Crippen molar-refractivity contribution in [1.29, 1.82) is 5.26 Å². The van der Waals surface area contributed by atoms with E-state index >= 15 is 0 Å². The molecule has 1 aliphatic rings. The topological polar surface area (TPSA) is 69.9 Å². The number of benzene rings is 2. The summed E-state index contributed by atoms with van der Waals surface area (Å²) in [6.07, 6.45) is 0. The number of piperazine rings is 1. The Morgan fingerprint density at radius 2 is 1.55 bits per heavy atom. The summed E-state index contributed by atoms with van der Waals surface area (Å²) in [6.45, 7) is 3.70. The largest absolute Gasteiger partial charge is 0.630 e. The van der Waals surface area contributed by atoms with Crippen molar-refractivity contribution in [3.63, 3.8) is 0 Å². The van der Waals surface area contributed by atoms with Gasteiger partial charge in [-0.25, -0.2) is 0 Å². The molecule has 3 rings (SSSR count). The van der Waals surface area contributed by atoms with E-state index in [4.69, 9.17) is 5.26 Å². The number of nitrogens with zero attached hydrogens (tertiary/aromatic N) is 3. The zero-order valence-corrected chi connectivity index (χ0v) is 12.3. The Morgan fingerprint density at radius 1 is 0.909 bits per heavy atom. The monoisotopic (exact) mass is 294 g/mol. The molecule has 22 heavy (non-hydrogen) atoms. The van der Waals surface area contributed by atoms with Crippen LogP contribution in [0.2, 0.25) is 0 Å². The molecule has 0 aromatic heterocycles. The lowest BCUT2D eigenvalue weighted by atomic mass is 10.1. The van der Waals surface area contributed by atoms with E-state index in [-0.39, 0.29) is 0 Å². The van der Waals surface area contributed by atoms with Gasteiger partial charge in [0.2, 0.25) is 0 Å². The van der Waals surface area contributed by atoms with E-state index < -0.39 is 0 Å². The minimum Gasteiger partial charge on any atom is -0.630 e. The first-order chi connectivity index (χ1) is 10.8. The van der Waals surface area contributed by atoms with E-state index in [0.29, 0.717) is 11.3 Å². The molecule has 1 fully saturated rings. The molecule has 0 radical (unpaired) electrons. The molecule has 1 heterocycles. The van der Waals surface area contributed by atoms with Crippen LogP contribution >= 0.6 is 0 Å². The number of anilines is 2. The van der Waals surface area contributed by atoms with E-state index in [1.165, 1.54) is 0 Å². The van der Waals surface area contributed by atoms with Gasteiger partial charge in [0.15, 0.2) is 0 Å². The molecule has 0 unspecified atom stereocenters. The zero-order chi connectivity index (χ0) is 15.4. The van der Waals surface area contributed by atoms with E-state index in [1.807, 2.05) is 42.5 Å². The summed E-state index contributed by atoms with van der Waals surface area (Å²) in [5.41, 5.74) is 4.52. The summed E-state index contributed by atoms with van der Waals surface area (Å²) < 4.78 is 0. The SMILES string of the molecule is N#Cc1cccc(N2CCN(c3ccc([NH2+][O-])cc3)CC2)c1. The Kier molecular flexibility index (Phi) is 4.24. The number of nitrogens with two attached hydrogens (primary N) is 1. The maximum absolute atomic E-state index is 10.7. The molecule has 2 aromatic rings. The smallest absolute Gasteiger partial charge is 0.129 e. The van der Waals surface area contributed by atoms with Crippen molar-refractivity contribution in [3.8, 4) is 6.07 Å². The molecule has 0 aliphatic carbocycles. The highest BCUT2D eigenvalue weighted by atomic mass is 16.5. The quantitative estimate of drug-likeness (QED) is 0.689. The molecule has 2 aromatic carbocycles. The molecule has 0 atom stereocenters. The van der Waals surface area contributed by atoms with Gasteiger partial charge in [0.1, 0.15) is 5.69 Å². The predicted octanol–water partition coefficient (Wildman–Crippen LogP) is 1.58. The Bertz CT molecular complexity index is 670. The second-order valence-electron chi connectivity index (χ2n) is 5.35. The van der Waals surface area contributed by atoms with E-state index in [0.717, 1.165) is 43.0 Å². The first-order valence-electron chi connectivity index (χ1n) is 7.35. The van der Waals surface area contributed by atoms with Crippen LogP contribution in [-0.2, 0) is 0 Å². The Labute approximate surface area is 130 Å². The summed E-state index contributed by atoms with van der Waals surface area (Å²) in [5.74, 6) is 0. The fourth-order valence-corrected chi connectivity index (χ4v) is 2.76. The van der Waals surface area contributed by atoms with Crippen LogP contribution in [0.1, 0.15) is 5.56 Å². The highest BCUT2D eigenvalue weighted by molar-refractivity contribution is 5.55. The fraction of sp³-hybridized carbons (Fsp3) is 0.235. The maximum atomic E-state index is 10.7. The number of hydrogen-bond donors (Lipinski definition) is 1. The molecule has 0 bridgehead atoms. The lowest BCUT2D eigenvalue weighted by Crippen LogP contribution is -2.70. The van der Waals surface area contributed by atoms with Gasteiger partial charge in [-0.15, -0.1) is 0 Å². The van der Waals surface area contributed by atoms with Gasteiger partial charge < -0.3 is 20.5 Å². The lowest BCUT2D eigenvalue weighted by molar-refractivity contribution is -0.497. The van der Waals surface area contributed by atoms with Crippen LogP contribution in [-0.4, -0.2) is 26.2 Å². The predicted molar refractivity (Wildman–Crippen MR) is 87.0 cm³/mol. The number of quaternary nitrogens is 1. The third-order valence-electron chi connectivity index (χ3n) is 4.01. The van der Waals surface area contributed by atoms with Crippen molar-refractivity contribution in [1.82, 2.24) is 0 Å². The van der Waals surface area contributed by atoms with Crippen molar-refractivity contribution < 1.29 is 5.48 Å². The summed E-state index contributed by atoms with van der Waals surface area (Å²) in [6, 6.07) is 17.6. The van der Waals surface area contributed by atoms with Crippen LogP contribution in [0.25, 0.3) is 0 Å². The highest BCUT2D eigenvalue weighted by Crippen LogP contribution is 2.21. The highest BCUT2D eigenvalue weighted by Gasteiger charge is 2.17. The normalized spacial score (nSPS) is 14.7. The van der Waals surface area contributed by atoms with Gasteiger partial charge >= 0.3 is 0 Å². The number of rotatable bonds is 3. The summed E-state index contributed by atoms with van der Waals surface area (Å²) in [4.78, 5) is 4.62. The standard InChI is InChI=1S/C17H18N4O/c18-13-14-2-1-3-17(12-14)21-10-8-20(9-11-21)16-6-4-15(19-22)5-7-16/h1-7,12H,8-11,19H2. The van der Waals surface area contributed by atoms with Gasteiger partial charge in [-0.2, -0.15) is 5.26 Å². The van der Waals surface area contributed by atoms with Gasteiger partial charge in [-0.1, -0.05) is 6.07 Å². The van der Waals surface area contributed by atoms with Crippen molar-refractivity contribution in [3.05, 3.63) is 59.3 Å². The van der Waals surface area contributed by atoms with Crippen LogP contribution in [0.5, 0.6) is 0 Å². The Balaban J connectivity index is 1.65.